The van der Waals surface area contributed by atoms with Crippen LogP contribution in [0.1, 0.15) is 29.7 Å². The Bertz CT molecular complexity index is 754. The highest BCUT2D eigenvalue weighted by atomic mass is 19.3. The highest BCUT2D eigenvalue weighted by Gasteiger charge is 2.22. The Morgan fingerprint density at radius 1 is 1.24 bits per heavy atom. The predicted octanol–water partition coefficient (Wildman–Crippen LogP) is 2.94. The first-order valence-electron chi connectivity index (χ1n) is 8.03. The summed E-state index contributed by atoms with van der Waals surface area (Å²) in [4.78, 5) is 19.2. The second-order valence-electron chi connectivity index (χ2n) is 6.01. The van der Waals surface area contributed by atoms with Gasteiger partial charge in [-0.05, 0) is 25.1 Å². The SMILES string of the molecule is CC(=O)c1ccc(N2CCN(Cc3nccn3C(F)F)CC2)c(F)c1. The molecule has 0 radical (unpaired) electrons. The molecule has 2 aromatic rings. The molecule has 5 nitrogen and oxygen atoms in total. The lowest BCUT2D eigenvalue weighted by Gasteiger charge is -2.36. The van der Waals surface area contributed by atoms with Crippen LogP contribution >= 0.6 is 0 Å². The summed E-state index contributed by atoms with van der Waals surface area (Å²) in [6, 6.07) is 4.49. The summed E-state index contributed by atoms with van der Waals surface area (Å²) in [6.45, 7) is 1.51. The normalized spacial score (nSPS) is 15.8. The van der Waals surface area contributed by atoms with Gasteiger partial charge in [-0.15, -0.1) is 0 Å². The summed E-state index contributed by atoms with van der Waals surface area (Å²) in [5.74, 6) is -0.278. The van der Waals surface area contributed by atoms with Crippen molar-refractivity contribution in [1.29, 1.82) is 0 Å². The molecule has 1 saturated heterocycles. The molecule has 25 heavy (non-hydrogen) atoms. The highest BCUT2D eigenvalue weighted by molar-refractivity contribution is 5.94. The van der Waals surface area contributed by atoms with Crippen molar-refractivity contribution in [3.8, 4) is 0 Å². The lowest BCUT2D eigenvalue weighted by Crippen LogP contribution is -2.46. The Balaban J connectivity index is 1.62. The molecule has 0 unspecified atom stereocenters. The molecule has 1 aromatic carbocycles. The fraction of sp³-hybridized carbons (Fsp3) is 0.412. The molecule has 0 amide bonds. The van der Waals surface area contributed by atoms with Gasteiger partial charge in [0.15, 0.2) is 5.78 Å². The number of ketones is 1. The molecule has 134 valence electrons. The number of benzene rings is 1. The Morgan fingerprint density at radius 3 is 2.56 bits per heavy atom. The molecule has 0 aliphatic carbocycles. The van der Waals surface area contributed by atoms with Crippen molar-refractivity contribution in [2.45, 2.75) is 20.0 Å². The van der Waals surface area contributed by atoms with Crippen LogP contribution in [0, 0.1) is 5.82 Å². The molecule has 1 aromatic heterocycles. The minimum absolute atomic E-state index is 0.176. The monoisotopic (exact) mass is 352 g/mol. The first-order valence-corrected chi connectivity index (χ1v) is 8.03. The van der Waals surface area contributed by atoms with E-state index < -0.39 is 12.4 Å². The maximum Gasteiger partial charge on any atom is 0.319 e. The number of hydrogen-bond acceptors (Lipinski definition) is 4. The lowest BCUT2D eigenvalue weighted by atomic mass is 10.1. The zero-order chi connectivity index (χ0) is 18.0. The summed E-state index contributed by atoms with van der Waals surface area (Å²) in [7, 11) is 0. The number of carbonyl (C=O) groups is 1. The molecule has 0 spiro atoms. The van der Waals surface area contributed by atoms with Crippen molar-refractivity contribution in [3.05, 3.63) is 47.8 Å². The third-order valence-corrected chi connectivity index (χ3v) is 4.39. The van der Waals surface area contributed by atoms with E-state index >= 15 is 0 Å². The van der Waals surface area contributed by atoms with E-state index in [1.165, 1.54) is 25.4 Å². The van der Waals surface area contributed by atoms with E-state index in [1.807, 2.05) is 9.80 Å². The van der Waals surface area contributed by atoms with E-state index in [0.29, 0.717) is 49.8 Å². The summed E-state index contributed by atoms with van der Waals surface area (Å²) < 4.78 is 40.8. The smallest absolute Gasteiger partial charge is 0.319 e. The van der Waals surface area contributed by atoms with Crippen LogP contribution < -0.4 is 4.90 Å². The first-order chi connectivity index (χ1) is 12.0. The average Bonchev–Trinajstić information content (AvgIpc) is 3.04. The number of Topliss-reactive ketones (excluding diaryl/α,β-unsaturated/α-hetero) is 1. The van der Waals surface area contributed by atoms with E-state index in [-0.39, 0.29) is 5.78 Å². The van der Waals surface area contributed by atoms with Gasteiger partial charge in [0.05, 0.1) is 12.2 Å². The van der Waals surface area contributed by atoms with Crippen molar-refractivity contribution in [3.63, 3.8) is 0 Å². The van der Waals surface area contributed by atoms with Crippen LogP contribution in [0.3, 0.4) is 0 Å². The predicted molar refractivity (Wildman–Crippen MR) is 87.4 cm³/mol. The van der Waals surface area contributed by atoms with Gasteiger partial charge in [0.25, 0.3) is 0 Å². The number of alkyl halides is 2. The maximum atomic E-state index is 14.2. The van der Waals surface area contributed by atoms with E-state index in [0.717, 1.165) is 4.57 Å². The quantitative estimate of drug-likeness (QED) is 0.776. The Morgan fingerprint density at radius 2 is 1.96 bits per heavy atom. The van der Waals surface area contributed by atoms with Gasteiger partial charge in [-0.25, -0.2) is 9.37 Å². The van der Waals surface area contributed by atoms with Gasteiger partial charge in [0, 0.05) is 44.1 Å². The van der Waals surface area contributed by atoms with Crippen molar-refractivity contribution in [1.82, 2.24) is 14.5 Å². The standard InChI is InChI=1S/C17H19F3N4O/c1-12(25)13-2-3-15(14(18)10-13)23-8-6-22(7-9-23)11-16-21-4-5-24(16)17(19)20/h2-5,10,17H,6-9,11H2,1H3. The van der Waals surface area contributed by atoms with E-state index in [1.54, 1.807) is 12.1 Å². The Hall–Kier alpha value is -2.35. The van der Waals surface area contributed by atoms with Gasteiger partial charge in [0.1, 0.15) is 11.6 Å². The van der Waals surface area contributed by atoms with Crippen LogP contribution in [-0.4, -0.2) is 46.4 Å². The van der Waals surface area contributed by atoms with E-state index in [9.17, 15) is 18.0 Å². The third-order valence-electron chi connectivity index (χ3n) is 4.39. The largest absolute Gasteiger partial charge is 0.367 e. The van der Waals surface area contributed by atoms with Crippen molar-refractivity contribution in [2.24, 2.45) is 0 Å². The van der Waals surface area contributed by atoms with E-state index in [2.05, 4.69) is 4.98 Å². The second kappa shape index (κ2) is 7.26. The zero-order valence-electron chi connectivity index (χ0n) is 13.8. The number of carbonyl (C=O) groups excluding carboxylic acids is 1. The molecule has 2 heterocycles. The van der Waals surface area contributed by atoms with Crippen molar-refractivity contribution >= 4 is 11.5 Å². The number of anilines is 1. The van der Waals surface area contributed by atoms with Crippen molar-refractivity contribution < 1.29 is 18.0 Å². The topological polar surface area (TPSA) is 41.4 Å². The lowest BCUT2D eigenvalue weighted by molar-refractivity contribution is 0.0636. The second-order valence-corrected chi connectivity index (χ2v) is 6.01. The number of halogens is 3. The number of piperazine rings is 1. The van der Waals surface area contributed by atoms with Gasteiger partial charge in [-0.3, -0.25) is 14.3 Å². The average molecular weight is 352 g/mol. The molecule has 1 aliphatic rings. The van der Waals surface area contributed by atoms with Crippen LogP contribution in [0.2, 0.25) is 0 Å². The Labute approximate surface area is 143 Å². The number of nitrogens with zero attached hydrogens (tertiary/aromatic N) is 4. The molecule has 1 aliphatic heterocycles. The molecule has 0 atom stereocenters. The minimum atomic E-state index is -2.60. The van der Waals surface area contributed by atoms with Crippen LogP contribution in [0.25, 0.3) is 0 Å². The fourth-order valence-corrected chi connectivity index (χ4v) is 2.97. The zero-order valence-corrected chi connectivity index (χ0v) is 13.8. The van der Waals surface area contributed by atoms with Gasteiger partial charge < -0.3 is 4.90 Å². The highest BCUT2D eigenvalue weighted by Crippen LogP contribution is 2.23. The van der Waals surface area contributed by atoms with Gasteiger partial charge in [0.2, 0.25) is 0 Å². The van der Waals surface area contributed by atoms with Crippen molar-refractivity contribution in [2.75, 3.05) is 31.1 Å². The van der Waals surface area contributed by atoms with Crippen LogP contribution in [-0.2, 0) is 6.54 Å². The van der Waals surface area contributed by atoms with Crippen LogP contribution in [0.4, 0.5) is 18.9 Å². The third kappa shape index (κ3) is 3.84. The summed E-state index contributed by atoms with van der Waals surface area (Å²) in [6.07, 6.45) is 2.63. The number of imidazole rings is 1. The summed E-state index contributed by atoms with van der Waals surface area (Å²) in [5.41, 5.74) is 0.803. The molecule has 1 fully saturated rings. The van der Waals surface area contributed by atoms with Crippen LogP contribution in [0.15, 0.2) is 30.6 Å². The minimum Gasteiger partial charge on any atom is -0.367 e. The fourth-order valence-electron chi connectivity index (χ4n) is 2.97. The number of hydrogen-bond donors (Lipinski definition) is 0. The van der Waals surface area contributed by atoms with Gasteiger partial charge >= 0.3 is 6.55 Å². The first kappa shape index (κ1) is 17.5. The molecule has 3 rings (SSSR count). The number of rotatable bonds is 5. The van der Waals surface area contributed by atoms with Crippen LogP contribution in [0.5, 0.6) is 0 Å². The summed E-state index contributed by atoms with van der Waals surface area (Å²) in [5, 5.41) is 0. The molecule has 0 saturated carbocycles. The maximum absolute atomic E-state index is 14.2. The van der Waals surface area contributed by atoms with E-state index in [4.69, 9.17) is 0 Å². The molecule has 0 N–H and O–H groups in total. The Kier molecular flexibility index (Phi) is 5.08. The molecule has 8 heteroatoms. The van der Waals surface area contributed by atoms with Gasteiger partial charge in [-0.2, -0.15) is 8.78 Å². The number of aromatic nitrogens is 2. The summed E-state index contributed by atoms with van der Waals surface area (Å²) >= 11 is 0. The van der Waals surface area contributed by atoms with Gasteiger partial charge in [-0.1, -0.05) is 0 Å². The molecular weight excluding hydrogens is 333 g/mol. The molecule has 0 bridgehead atoms. The molecular formula is C17H19F3N4O.